The highest BCUT2D eigenvalue weighted by atomic mass is 16.2. The Morgan fingerprint density at radius 3 is 2.35 bits per heavy atom. The summed E-state index contributed by atoms with van der Waals surface area (Å²) in [5.41, 5.74) is 1.50. The number of rotatable bonds is 8. The highest BCUT2D eigenvalue weighted by molar-refractivity contribution is 5.92. The topological polar surface area (TPSA) is 58.2 Å². The van der Waals surface area contributed by atoms with E-state index in [0.717, 1.165) is 43.5 Å². The minimum absolute atomic E-state index is 0.0350. The van der Waals surface area contributed by atoms with Crippen molar-refractivity contribution in [3.8, 4) is 0 Å². The summed E-state index contributed by atoms with van der Waals surface area (Å²) in [4.78, 5) is 24.1. The maximum absolute atomic E-state index is 12.5. The first-order valence-electron chi connectivity index (χ1n) is 8.66. The van der Waals surface area contributed by atoms with Gasteiger partial charge in [-0.3, -0.25) is 9.59 Å². The molecule has 4 heteroatoms. The van der Waals surface area contributed by atoms with Gasteiger partial charge in [-0.05, 0) is 49.3 Å². The van der Waals surface area contributed by atoms with Gasteiger partial charge < -0.3 is 10.6 Å². The molecule has 2 rings (SSSR count). The van der Waals surface area contributed by atoms with Gasteiger partial charge in [-0.15, -0.1) is 0 Å². The van der Waals surface area contributed by atoms with E-state index in [4.69, 9.17) is 0 Å². The molecule has 0 bridgehead atoms. The van der Waals surface area contributed by atoms with Gasteiger partial charge in [-0.2, -0.15) is 0 Å². The predicted octanol–water partition coefficient (Wildman–Crippen LogP) is 3.62. The van der Waals surface area contributed by atoms with E-state index in [1.807, 2.05) is 31.2 Å². The van der Waals surface area contributed by atoms with E-state index in [2.05, 4.69) is 24.5 Å². The van der Waals surface area contributed by atoms with Crippen LogP contribution in [-0.2, 0) is 15.0 Å². The number of carbonyl (C=O) groups excluding carboxylic acids is 2. The molecule has 1 aromatic carbocycles. The van der Waals surface area contributed by atoms with E-state index in [9.17, 15) is 9.59 Å². The third kappa shape index (κ3) is 4.57. The number of hydrogen-bond acceptors (Lipinski definition) is 2. The molecule has 4 nitrogen and oxygen atoms in total. The summed E-state index contributed by atoms with van der Waals surface area (Å²) < 4.78 is 0. The van der Waals surface area contributed by atoms with Crippen LogP contribution in [0.4, 0.5) is 5.69 Å². The van der Waals surface area contributed by atoms with E-state index in [1.54, 1.807) is 0 Å². The molecule has 1 aliphatic rings. The molecule has 0 radical (unpaired) electrons. The second-order valence-corrected chi connectivity index (χ2v) is 6.90. The highest BCUT2D eigenvalue weighted by Gasteiger charge is 2.50. The molecule has 2 amide bonds. The molecule has 0 saturated heterocycles. The number of amides is 2. The van der Waals surface area contributed by atoms with Gasteiger partial charge in [0.05, 0.1) is 5.41 Å². The van der Waals surface area contributed by atoms with E-state index in [0.29, 0.717) is 12.3 Å². The lowest BCUT2D eigenvalue weighted by molar-refractivity contribution is -0.123. The van der Waals surface area contributed by atoms with Crippen molar-refractivity contribution in [2.45, 2.75) is 58.3 Å². The molecule has 23 heavy (non-hydrogen) atoms. The Bertz CT molecular complexity index is 545. The summed E-state index contributed by atoms with van der Waals surface area (Å²) in [7, 11) is 0. The van der Waals surface area contributed by atoms with Crippen LogP contribution in [0.2, 0.25) is 0 Å². The van der Waals surface area contributed by atoms with E-state index in [-0.39, 0.29) is 17.2 Å². The van der Waals surface area contributed by atoms with Crippen LogP contribution >= 0.6 is 0 Å². The maximum Gasteiger partial charge on any atom is 0.230 e. The van der Waals surface area contributed by atoms with E-state index >= 15 is 0 Å². The standard InChI is InChI=1S/C19H28N2O2/c1-4-5-17(22)21-16-8-6-15(7-9-16)19(11-12-19)18(23)20-13-10-14(2)3/h6-9,14H,4-5,10-13H2,1-3H3,(H,20,23)(H,21,22). The number of benzene rings is 1. The second kappa shape index (κ2) is 7.62. The van der Waals surface area contributed by atoms with Gasteiger partial charge in [0.15, 0.2) is 0 Å². The number of carbonyl (C=O) groups is 2. The van der Waals surface area contributed by atoms with Crippen molar-refractivity contribution < 1.29 is 9.59 Å². The summed E-state index contributed by atoms with van der Waals surface area (Å²) in [6, 6.07) is 7.72. The molecule has 0 unspecified atom stereocenters. The zero-order valence-electron chi connectivity index (χ0n) is 14.4. The first-order valence-corrected chi connectivity index (χ1v) is 8.66. The van der Waals surface area contributed by atoms with Crippen LogP contribution in [0.15, 0.2) is 24.3 Å². The molecular weight excluding hydrogens is 288 g/mol. The molecule has 2 N–H and O–H groups in total. The lowest BCUT2D eigenvalue weighted by Crippen LogP contribution is -2.35. The smallest absolute Gasteiger partial charge is 0.230 e. The lowest BCUT2D eigenvalue weighted by Gasteiger charge is -2.17. The predicted molar refractivity (Wildman–Crippen MR) is 93.4 cm³/mol. The molecule has 0 aliphatic heterocycles. The van der Waals surface area contributed by atoms with Crippen molar-refractivity contribution in [1.82, 2.24) is 5.32 Å². The van der Waals surface area contributed by atoms with Gasteiger partial charge in [0.2, 0.25) is 11.8 Å². The zero-order valence-corrected chi connectivity index (χ0v) is 14.4. The minimum atomic E-state index is -0.344. The maximum atomic E-state index is 12.5. The van der Waals surface area contributed by atoms with Crippen molar-refractivity contribution in [1.29, 1.82) is 0 Å². The largest absolute Gasteiger partial charge is 0.355 e. The van der Waals surface area contributed by atoms with Gasteiger partial charge >= 0.3 is 0 Å². The van der Waals surface area contributed by atoms with Gasteiger partial charge in [-0.25, -0.2) is 0 Å². The average molecular weight is 316 g/mol. The summed E-state index contributed by atoms with van der Waals surface area (Å²) in [5, 5.41) is 5.95. The zero-order chi connectivity index (χ0) is 16.9. The molecule has 0 spiro atoms. The van der Waals surface area contributed by atoms with Crippen molar-refractivity contribution in [2.24, 2.45) is 5.92 Å². The average Bonchev–Trinajstić information content (AvgIpc) is 3.29. The van der Waals surface area contributed by atoms with Gasteiger partial charge in [0, 0.05) is 18.7 Å². The Morgan fingerprint density at radius 1 is 1.17 bits per heavy atom. The molecule has 1 fully saturated rings. The molecule has 0 heterocycles. The fourth-order valence-electron chi connectivity index (χ4n) is 2.74. The van der Waals surface area contributed by atoms with Crippen LogP contribution in [0.1, 0.15) is 58.4 Å². The summed E-state index contributed by atoms with van der Waals surface area (Å²) in [6.45, 7) is 7.04. The van der Waals surface area contributed by atoms with Gasteiger partial charge in [-0.1, -0.05) is 32.9 Å². The monoisotopic (exact) mass is 316 g/mol. The molecule has 1 aromatic rings. The first kappa shape index (κ1) is 17.5. The molecular formula is C19H28N2O2. The van der Waals surface area contributed by atoms with Gasteiger partial charge in [0.25, 0.3) is 0 Å². The minimum Gasteiger partial charge on any atom is -0.355 e. The highest BCUT2D eigenvalue weighted by Crippen LogP contribution is 2.48. The molecule has 1 aliphatic carbocycles. The van der Waals surface area contributed by atoms with Crippen molar-refractivity contribution in [3.63, 3.8) is 0 Å². The Hall–Kier alpha value is -1.84. The van der Waals surface area contributed by atoms with Crippen molar-refractivity contribution >= 4 is 17.5 Å². The normalized spacial score (nSPS) is 15.3. The third-order valence-corrected chi connectivity index (χ3v) is 4.39. The summed E-state index contributed by atoms with van der Waals surface area (Å²) in [6.07, 6.45) is 4.18. The Morgan fingerprint density at radius 2 is 1.83 bits per heavy atom. The Labute approximate surface area is 139 Å². The molecule has 0 aromatic heterocycles. The quantitative estimate of drug-likeness (QED) is 0.769. The van der Waals surface area contributed by atoms with Crippen LogP contribution in [0.5, 0.6) is 0 Å². The Kier molecular flexibility index (Phi) is 5.80. The molecule has 1 saturated carbocycles. The van der Waals surface area contributed by atoms with Crippen molar-refractivity contribution in [3.05, 3.63) is 29.8 Å². The van der Waals surface area contributed by atoms with Crippen LogP contribution in [0, 0.1) is 5.92 Å². The molecule has 0 atom stereocenters. The number of nitrogens with one attached hydrogen (secondary N) is 2. The molecule has 126 valence electrons. The van der Waals surface area contributed by atoms with Crippen LogP contribution < -0.4 is 10.6 Å². The fraction of sp³-hybridized carbons (Fsp3) is 0.579. The van der Waals surface area contributed by atoms with Crippen molar-refractivity contribution in [2.75, 3.05) is 11.9 Å². The third-order valence-electron chi connectivity index (χ3n) is 4.39. The SMILES string of the molecule is CCCC(=O)Nc1ccc(C2(C(=O)NCCC(C)C)CC2)cc1. The van der Waals surface area contributed by atoms with Gasteiger partial charge in [0.1, 0.15) is 0 Å². The van der Waals surface area contributed by atoms with Crippen LogP contribution in [-0.4, -0.2) is 18.4 Å². The van der Waals surface area contributed by atoms with Crippen LogP contribution in [0.25, 0.3) is 0 Å². The van der Waals surface area contributed by atoms with E-state index < -0.39 is 0 Å². The number of anilines is 1. The lowest BCUT2D eigenvalue weighted by atomic mass is 9.94. The first-order chi connectivity index (χ1) is 11.0. The second-order valence-electron chi connectivity index (χ2n) is 6.90. The summed E-state index contributed by atoms with van der Waals surface area (Å²) in [5.74, 6) is 0.769. The fourth-order valence-corrected chi connectivity index (χ4v) is 2.74. The van der Waals surface area contributed by atoms with E-state index in [1.165, 1.54) is 0 Å². The Balaban J connectivity index is 1.95. The van der Waals surface area contributed by atoms with Crippen LogP contribution in [0.3, 0.4) is 0 Å². The summed E-state index contributed by atoms with van der Waals surface area (Å²) >= 11 is 0. The number of hydrogen-bond donors (Lipinski definition) is 2.